The van der Waals surface area contributed by atoms with Crippen molar-refractivity contribution in [2.45, 2.75) is 20.8 Å². The summed E-state index contributed by atoms with van der Waals surface area (Å²) in [6.45, 7) is 7.59. The maximum atomic E-state index is 5.50. The van der Waals surface area contributed by atoms with E-state index >= 15 is 0 Å². The molecule has 1 atom stereocenters. The van der Waals surface area contributed by atoms with Crippen molar-refractivity contribution in [1.82, 2.24) is 4.98 Å². The SMILES string of the molecule is CC(C)C(C)CNc1ccc(C(N)=S)cn1. The lowest BCUT2D eigenvalue weighted by molar-refractivity contribution is 0.439. The number of hydrogen-bond acceptors (Lipinski definition) is 3. The van der Waals surface area contributed by atoms with Gasteiger partial charge in [-0.1, -0.05) is 33.0 Å². The Kier molecular flexibility index (Phi) is 4.68. The maximum Gasteiger partial charge on any atom is 0.125 e. The number of thiocarbonyl (C=S) groups is 1. The van der Waals surface area contributed by atoms with E-state index < -0.39 is 0 Å². The molecule has 0 aromatic carbocycles. The van der Waals surface area contributed by atoms with Gasteiger partial charge in [-0.25, -0.2) is 4.98 Å². The van der Waals surface area contributed by atoms with Gasteiger partial charge >= 0.3 is 0 Å². The van der Waals surface area contributed by atoms with Crippen LogP contribution in [-0.4, -0.2) is 16.5 Å². The normalized spacial score (nSPS) is 12.5. The first-order chi connectivity index (χ1) is 7.50. The molecule has 1 aromatic rings. The van der Waals surface area contributed by atoms with Crippen LogP contribution in [0.3, 0.4) is 0 Å². The molecule has 0 radical (unpaired) electrons. The van der Waals surface area contributed by atoms with Crippen LogP contribution in [0.5, 0.6) is 0 Å². The van der Waals surface area contributed by atoms with Crippen LogP contribution < -0.4 is 11.1 Å². The van der Waals surface area contributed by atoms with Gasteiger partial charge in [0.2, 0.25) is 0 Å². The zero-order valence-corrected chi connectivity index (χ0v) is 10.8. The number of hydrogen-bond donors (Lipinski definition) is 2. The van der Waals surface area contributed by atoms with E-state index in [0.717, 1.165) is 17.9 Å². The third-order valence-electron chi connectivity index (χ3n) is 2.79. The number of nitrogens with zero attached hydrogens (tertiary/aromatic N) is 1. The summed E-state index contributed by atoms with van der Waals surface area (Å²) in [5.41, 5.74) is 6.30. The number of nitrogens with one attached hydrogen (secondary N) is 1. The summed E-state index contributed by atoms with van der Waals surface area (Å²) in [5.74, 6) is 2.16. The molecule has 1 unspecified atom stereocenters. The number of anilines is 1. The summed E-state index contributed by atoms with van der Waals surface area (Å²) in [6.07, 6.45) is 1.70. The second-order valence-corrected chi connectivity index (χ2v) is 4.84. The Morgan fingerprint density at radius 3 is 2.56 bits per heavy atom. The molecule has 0 saturated carbocycles. The molecule has 0 bridgehead atoms. The van der Waals surface area contributed by atoms with E-state index in [1.165, 1.54) is 0 Å². The van der Waals surface area contributed by atoms with E-state index in [9.17, 15) is 0 Å². The Labute approximate surface area is 102 Å². The minimum absolute atomic E-state index is 0.384. The molecule has 3 N–H and O–H groups in total. The molecule has 0 aliphatic carbocycles. The molecule has 0 amide bonds. The quantitative estimate of drug-likeness (QED) is 0.772. The molecular weight excluding hydrogens is 218 g/mol. The third kappa shape index (κ3) is 3.77. The molecule has 0 fully saturated rings. The summed E-state index contributed by atoms with van der Waals surface area (Å²) < 4.78 is 0. The maximum absolute atomic E-state index is 5.50. The second kappa shape index (κ2) is 5.80. The van der Waals surface area contributed by atoms with E-state index in [-0.39, 0.29) is 0 Å². The molecule has 88 valence electrons. The van der Waals surface area contributed by atoms with E-state index in [1.54, 1.807) is 6.20 Å². The average Bonchev–Trinajstić information content (AvgIpc) is 2.26. The smallest absolute Gasteiger partial charge is 0.125 e. The third-order valence-corrected chi connectivity index (χ3v) is 3.03. The Morgan fingerprint density at radius 2 is 2.12 bits per heavy atom. The van der Waals surface area contributed by atoms with Crippen molar-refractivity contribution in [2.75, 3.05) is 11.9 Å². The van der Waals surface area contributed by atoms with Crippen molar-refractivity contribution >= 4 is 23.0 Å². The highest BCUT2D eigenvalue weighted by atomic mass is 32.1. The zero-order chi connectivity index (χ0) is 12.1. The fraction of sp³-hybridized carbons (Fsp3) is 0.500. The topological polar surface area (TPSA) is 50.9 Å². The largest absolute Gasteiger partial charge is 0.389 e. The van der Waals surface area contributed by atoms with Crippen molar-refractivity contribution in [2.24, 2.45) is 17.6 Å². The Hall–Kier alpha value is -1.16. The molecule has 1 aromatic heterocycles. The van der Waals surface area contributed by atoms with Gasteiger partial charge in [0.15, 0.2) is 0 Å². The monoisotopic (exact) mass is 237 g/mol. The van der Waals surface area contributed by atoms with Crippen molar-refractivity contribution in [3.8, 4) is 0 Å². The summed E-state index contributed by atoms with van der Waals surface area (Å²) in [7, 11) is 0. The fourth-order valence-electron chi connectivity index (χ4n) is 1.15. The summed E-state index contributed by atoms with van der Waals surface area (Å²) in [5, 5.41) is 3.30. The van der Waals surface area contributed by atoms with E-state index in [1.807, 2.05) is 12.1 Å². The molecule has 0 spiro atoms. The number of rotatable bonds is 5. The predicted molar refractivity (Wildman–Crippen MR) is 72.6 cm³/mol. The molecule has 0 saturated heterocycles. The summed E-state index contributed by atoms with van der Waals surface area (Å²) in [4.78, 5) is 4.64. The number of pyridine rings is 1. The second-order valence-electron chi connectivity index (χ2n) is 4.40. The Balaban J connectivity index is 2.53. The standard InChI is InChI=1S/C12H19N3S/c1-8(2)9(3)6-14-11-5-4-10(7-15-11)12(13)16/h4-5,7-9H,6H2,1-3H3,(H2,13,16)(H,14,15). The van der Waals surface area contributed by atoms with Crippen LogP contribution in [0.2, 0.25) is 0 Å². The Bertz CT molecular complexity index is 346. The van der Waals surface area contributed by atoms with E-state index in [2.05, 4.69) is 31.1 Å². The van der Waals surface area contributed by atoms with Crippen molar-refractivity contribution in [3.05, 3.63) is 23.9 Å². The lowest BCUT2D eigenvalue weighted by Gasteiger charge is -2.16. The van der Waals surface area contributed by atoms with Crippen LogP contribution in [0.4, 0.5) is 5.82 Å². The zero-order valence-electron chi connectivity index (χ0n) is 10.0. The van der Waals surface area contributed by atoms with Gasteiger partial charge in [-0.05, 0) is 24.0 Å². The van der Waals surface area contributed by atoms with Gasteiger partial charge in [0.25, 0.3) is 0 Å². The molecule has 1 heterocycles. The van der Waals surface area contributed by atoms with Crippen LogP contribution in [0.1, 0.15) is 26.3 Å². The molecule has 1 rings (SSSR count). The molecule has 3 nitrogen and oxygen atoms in total. The van der Waals surface area contributed by atoms with Crippen LogP contribution >= 0.6 is 12.2 Å². The van der Waals surface area contributed by atoms with Gasteiger partial charge in [0.1, 0.15) is 10.8 Å². The van der Waals surface area contributed by atoms with Crippen molar-refractivity contribution in [1.29, 1.82) is 0 Å². The summed E-state index contributed by atoms with van der Waals surface area (Å²) in [6, 6.07) is 3.79. The van der Waals surface area contributed by atoms with E-state index in [4.69, 9.17) is 18.0 Å². The minimum Gasteiger partial charge on any atom is -0.389 e. The van der Waals surface area contributed by atoms with Crippen LogP contribution in [0.25, 0.3) is 0 Å². The number of nitrogens with two attached hydrogens (primary N) is 1. The first kappa shape index (κ1) is 12.9. The molecule has 0 aliphatic heterocycles. The van der Waals surface area contributed by atoms with Crippen molar-refractivity contribution < 1.29 is 0 Å². The highest BCUT2D eigenvalue weighted by Crippen LogP contribution is 2.11. The highest BCUT2D eigenvalue weighted by Gasteiger charge is 2.06. The Morgan fingerprint density at radius 1 is 1.44 bits per heavy atom. The summed E-state index contributed by atoms with van der Waals surface area (Å²) >= 11 is 4.86. The number of aromatic nitrogens is 1. The van der Waals surface area contributed by atoms with Gasteiger partial charge in [-0.3, -0.25) is 0 Å². The highest BCUT2D eigenvalue weighted by molar-refractivity contribution is 7.80. The molecule has 16 heavy (non-hydrogen) atoms. The molecule has 0 aliphatic rings. The van der Waals surface area contributed by atoms with Crippen LogP contribution in [0, 0.1) is 11.8 Å². The first-order valence-corrected chi connectivity index (χ1v) is 5.91. The fourth-order valence-corrected chi connectivity index (χ4v) is 1.27. The van der Waals surface area contributed by atoms with Gasteiger partial charge in [0, 0.05) is 18.3 Å². The lowest BCUT2D eigenvalue weighted by atomic mass is 9.98. The van der Waals surface area contributed by atoms with Gasteiger partial charge < -0.3 is 11.1 Å². The van der Waals surface area contributed by atoms with E-state index in [0.29, 0.717) is 16.8 Å². The molecule has 4 heteroatoms. The molecular formula is C12H19N3S. The predicted octanol–water partition coefficient (Wildman–Crippen LogP) is 2.42. The lowest BCUT2D eigenvalue weighted by Crippen LogP contribution is -2.17. The first-order valence-electron chi connectivity index (χ1n) is 5.50. The van der Waals surface area contributed by atoms with Crippen LogP contribution in [0.15, 0.2) is 18.3 Å². The average molecular weight is 237 g/mol. The van der Waals surface area contributed by atoms with Gasteiger partial charge in [0.05, 0.1) is 0 Å². The van der Waals surface area contributed by atoms with Gasteiger partial charge in [-0.15, -0.1) is 0 Å². The van der Waals surface area contributed by atoms with Crippen LogP contribution in [-0.2, 0) is 0 Å². The minimum atomic E-state index is 0.384. The van der Waals surface area contributed by atoms with Crippen molar-refractivity contribution in [3.63, 3.8) is 0 Å². The van der Waals surface area contributed by atoms with Gasteiger partial charge in [-0.2, -0.15) is 0 Å².